The van der Waals surface area contributed by atoms with Crippen LogP contribution in [0.1, 0.15) is 18.7 Å². The Morgan fingerprint density at radius 2 is 2.12 bits per heavy atom. The Morgan fingerprint density at radius 3 is 2.73 bits per heavy atom. The van der Waals surface area contributed by atoms with Gasteiger partial charge in [-0.1, -0.05) is 6.92 Å². The minimum atomic E-state index is -4.49. The highest BCUT2D eigenvalue weighted by molar-refractivity contribution is 7.51. The molecule has 0 saturated carbocycles. The Hall–Kier alpha value is -1.79. The smallest absolute Gasteiger partial charge is 0.351 e. The number of aryl methyl sites for hydroxylation is 1. The number of rotatable bonds is 5. The van der Waals surface area contributed by atoms with E-state index in [1.165, 1.54) is 10.8 Å². The number of H-pyrrole nitrogens is 1. The van der Waals surface area contributed by atoms with Crippen LogP contribution in [0.15, 0.2) is 11.0 Å². The van der Waals surface area contributed by atoms with Crippen molar-refractivity contribution >= 4 is 24.6 Å². The van der Waals surface area contributed by atoms with Gasteiger partial charge in [-0.2, -0.15) is 4.98 Å². The highest BCUT2D eigenvalue weighted by Crippen LogP contribution is 2.38. The summed E-state index contributed by atoms with van der Waals surface area (Å²) >= 11 is 0. The summed E-state index contributed by atoms with van der Waals surface area (Å²) in [7, 11) is -4.49. The van der Waals surface area contributed by atoms with Gasteiger partial charge in [-0.25, -0.2) is 0 Å². The summed E-state index contributed by atoms with van der Waals surface area (Å²) in [4.78, 5) is 36.4. The van der Waals surface area contributed by atoms with Crippen LogP contribution in [0.25, 0.3) is 11.0 Å². The normalized spacial score (nSPS) is 26.7. The Morgan fingerprint density at radius 1 is 1.42 bits per heavy atom. The Labute approximate surface area is 146 Å². The van der Waals surface area contributed by atoms with Gasteiger partial charge >= 0.3 is 7.60 Å². The zero-order chi connectivity index (χ0) is 19.2. The SMILES string of the molecule is CCc1cn([C@@H]2O[C@H](OCP(=O)(O)O)C(O)[C@@H]2O)c2nc(N)[nH]c(=O)c12. The lowest BCUT2D eigenvalue weighted by Crippen LogP contribution is -2.33. The molecule has 7 N–H and O–H groups in total. The number of hydrogen-bond acceptors (Lipinski definition) is 8. The second kappa shape index (κ2) is 6.74. The predicted molar refractivity (Wildman–Crippen MR) is 88.1 cm³/mol. The molecule has 1 fully saturated rings. The monoisotopic (exact) mass is 390 g/mol. The molecule has 2 aromatic rings. The molecule has 0 radical (unpaired) electrons. The maximum absolute atomic E-state index is 12.2. The van der Waals surface area contributed by atoms with Crippen molar-refractivity contribution in [2.45, 2.75) is 38.1 Å². The van der Waals surface area contributed by atoms with Crippen molar-refractivity contribution in [1.29, 1.82) is 0 Å². The second-order valence-corrected chi connectivity index (χ2v) is 7.49. The number of fused-ring (bicyclic) bond motifs is 1. The zero-order valence-electron chi connectivity index (χ0n) is 13.6. The molecule has 0 aromatic carbocycles. The molecule has 3 rings (SSSR count). The van der Waals surface area contributed by atoms with E-state index < -0.39 is 44.2 Å². The molecule has 26 heavy (non-hydrogen) atoms. The van der Waals surface area contributed by atoms with Gasteiger partial charge in [-0.05, 0) is 12.0 Å². The van der Waals surface area contributed by atoms with Crippen molar-refractivity contribution in [2.24, 2.45) is 0 Å². The zero-order valence-corrected chi connectivity index (χ0v) is 14.5. The topological polar surface area (TPSA) is 193 Å². The molecule has 1 aliphatic rings. The van der Waals surface area contributed by atoms with E-state index >= 15 is 0 Å². The lowest BCUT2D eigenvalue weighted by Gasteiger charge is -2.17. The Kier molecular flexibility index (Phi) is 4.92. The summed E-state index contributed by atoms with van der Waals surface area (Å²) < 4.78 is 22.6. The van der Waals surface area contributed by atoms with Crippen LogP contribution in [0.5, 0.6) is 0 Å². The minimum absolute atomic E-state index is 0.133. The van der Waals surface area contributed by atoms with E-state index in [1.54, 1.807) is 0 Å². The first-order valence-corrected chi connectivity index (χ1v) is 9.49. The third kappa shape index (κ3) is 3.40. The van der Waals surface area contributed by atoms with Crippen LogP contribution in [-0.2, 0) is 20.5 Å². The molecule has 0 aliphatic carbocycles. The number of nitrogens with one attached hydrogen (secondary N) is 1. The first-order chi connectivity index (χ1) is 12.1. The summed E-state index contributed by atoms with van der Waals surface area (Å²) in [5, 5.41) is 20.6. The van der Waals surface area contributed by atoms with Crippen molar-refractivity contribution in [3.05, 3.63) is 22.1 Å². The van der Waals surface area contributed by atoms with Gasteiger partial charge in [0.15, 0.2) is 24.5 Å². The van der Waals surface area contributed by atoms with E-state index in [4.69, 9.17) is 25.0 Å². The summed E-state index contributed by atoms with van der Waals surface area (Å²) in [5.74, 6) is -0.133. The molecule has 0 spiro atoms. The van der Waals surface area contributed by atoms with E-state index in [9.17, 15) is 19.6 Å². The molecule has 2 aromatic heterocycles. The predicted octanol–water partition coefficient (Wildman–Crippen LogP) is -1.40. The maximum Gasteiger partial charge on any atom is 0.351 e. The first kappa shape index (κ1) is 19.0. The van der Waals surface area contributed by atoms with Crippen LogP contribution in [0.3, 0.4) is 0 Å². The third-order valence-electron chi connectivity index (χ3n) is 4.04. The molecule has 1 saturated heterocycles. The van der Waals surface area contributed by atoms with Crippen molar-refractivity contribution in [1.82, 2.24) is 14.5 Å². The Bertz CT molecular complexity index is 921. The fourth-order valence-corrected chi connectivity index (χ4v) is 3.22. The molecular weight excluding hydrogens is 371 g/mol. The van der Waals surface area contributed by atoms with E-state index in [0.29, 0.717) is 12.0 Å². The number of hydrogen-bond donors (Lipinski definition) is 6. The van der Waals surface area contributed by atoms with Crippen molar-refractivity contribution < 1.29 is 34.0 Å². The largest absolute Gasteiger partial charge is 0.385 e. The first-order valence-electron chi connectivity index (χ1n) is 7.69. The van der Waals surface area contributed by atoms with Gasteiger partial charge in [0.1, 0.15) is 12.2 Å². The van der Waals surface area contributed by atoms with E-state index in [2.05, 4.69) is 9.97 Å². The third-order valence-corrected chi connectivity index (χ3v) is 4.52. The van der Waals surface area contributed by atoms with Gasteiger partial charge < -0.3 is 39.8 Å². The standard InChI is InChI=1S/C13H19N4O8P/c1-2-5-3-17(9-6(5)10(20)16-13(14)15-9)11-7(18)8(19)12(25-11)24-4-26(21,22)23/h3,7-8,11-12,18-19H,2,4H2,1H3,(H2,21,22,23)(H3,14,15,16,20)/t7-,8?,11+,12-/m0/s1. The molecule has 0 bridgehead atoms. The molecule has 12 nitrogen and oxygen atoms in total. The van der Waals surface area contributed by atoms with Crippen molar-refractivity contribution in [2.75, 3.05) is 12.1 Å². The molecule has 13 heteroatoms. The highest BCUT2D eigenvalue weighted by Gasteiger charge is 2.45. The maximum atomic E-state index is 12.2. The fraction of sp³-hybridized carbons (Fsp3) is 0.538. The van der Waals surface area contributed by atoms with Gasteiger partial charge in [0.25, 0.3) is 5.56 Å². The number of aliphatic hydroxyl groups is 2. The lowest BCUT2D eigenvalue weighted by atomic mass is 10.2. The summed E-state index contributed by atoms with van der Waals surface area (Å²) in [6, 6.07) is 0. The van der Waals surface area contributed by atoms with E-state index in [0.717, 1.165) is 0 Å². The quantitative estimate of drug-likeness (QED) is 0.331. The van der Waals surface area contributed by atoms with Crippen LogP contribution >= 0.6 is 7.60 Å². The van der Waals surface area contributed by atoms with Gasteiger partial charge in [0.2, 0.25) is 5.95 Å². The molecule has 1 aliphatic heterocycles. The van der Waals surface area contributed by atoms with Gasteiger partial charge in [-0.15, -0.1) is 0 Å². The fourth-order valence-electron chi connectivity index (χ4n) is 2.88. The van der Waals surface area contributed by atoms with Crippen LogP contribution in [0.2, 0.25) is 0 Å². The molecule has 3 heterocycles. The number of ether oxygens (including phenoxy) is 2. The number of nitrogens with zero attached hydrogens (tertiary/aromatic N) is 2. The minimum Gasteiger partial charge on any atom is -0.385 e. The van der Waals surface area contributed by atoms with E-state index in [1.807, 2.05) is 6.92 Å². The van der Waals surface area contributed by atoms with Gasteiger partial charge in [-0.3, -0.25) is 14.3 Å². The van der Waals surface area contributed by atoms with Crippen molar-refractivity contribution in [3.63, 3.8) is 0 Å². The van der Waals surface area contributed by atoms with E-state index in [-0.39, 0.29) is 17.0 Å². The summed E-state index contributed by atoms with van der Waals surface area (Å²) in [5.41, 5.74) is 5.90. The van der Waals surface area contributed by atoms with Crippen LogP contribution in [0, 0.1) is 0 Å². The lowest BCUT2D eigenvalue weighted by molar-refractivity contribution is -0.167. The van der Waals surface area contributed by atoms with Gasteiger partial charge in [0, 0.05) is 6.20 Å². The second-order valence-electron chi connectivity index (χ2n) is 5.90. The molecular formula is C13H19N4O8P. The molecule has 144 valence electrons. The molecule has 4 atom stereocenters. The summed E-state index contributed by atoms with van der Waals surface area (Å²) in [6.07, 6.45) is -4.66. The van der Waals surface area contributed by atoms with Crippen molar-refractivity contribution in [3.8, 4) is 0 Å². The Balaban J connectivity index is 1.99. The molecule has 0 amide bonds. The highest BCUT2D eigenvalue weighted by atomic mass is 31.2. The molecule has 1 unspecified atom stereocenters. The average Bonchev–Trinajstić information content (AvgIpc) is 3.04. The van der Waals surface area contributed by atoms with Gasteiger partial charge in [0.05, 0.1) is 5.39 Å². The van der Waals surface area contributed by atoms with Crippen LogP contribution < -0.4 is 11.3 Å². The van der Waals surface area contributed by atoms with Crippen LogP contribution in [-0.4, -0.2) is 59.4 Å². The average molecular weight is 390 g/mol. The number of aliphatic hydroxyl groups excluding tert-OH is 2. The summed E-state index contributed by atoms with van der Waals surface area (Å²) in [6.45, 7) is 1.82. The number of anilines is 1. The number of nitrogen functional groups attached to an aromatic ring is 1. The number of aromatic amines is 1. The number of nitrogens with two attached hydrogens (primary N) is 1. The number of aromatic nitrogens is 3. The van der Waals surface area contributed by atoms with Crippen LogP contribution in [0.4, 0.5) is 5.95 Å².